The first-order valence-electron chi connectivity index (χ1n) is 8.91. The summed E-state index contributed by atoms with van der Waals surface area (Å²) in [7, 11) is 0. The number of aromatic nitrogens is 1. The number of unbranched alkanes of at least 4 members (excludes halogenated alkanes) is 3. The summed E-state index contributed by atoms with van der Waals surface area (Å²) in [5.74, 6) is -0.135. The quantitative estimate of drug-likeness (QED) is 0.520. The molecule has 1 N–H and O–H groups in total. The van der Waals surface area contributed by atoms with Crippen molar-refractivity contribution in [1.29, 1.82) is 0 Å². The molecular formula is C20H25N3O3. The number of benzene rings is 1. The van der Waals surface area contributed by atoms with Gasteiger partial charge in [-0.15, -0.1) is 0 Å². The molecule has 6 nitrogen and oxygen atoms in total. The Hall–Kier alpha value is -2.89. The molecule has 0 saturated heterocycles. The summed E-state index contributed by atoms with van der Waals surface area (Å²) in [6.45, 7) is 2.66. The van der Waals surface area contributed by atoms with Crippen LogP contribution >= 0.6 is 0 Å². The lowest BCUT2D eigenvalue weighted by molar-refractivity contribution is -0.130. The number of hydrogen-bond donors (Lipinski definition) is 1. The fourth-order valence-electron chi connectivity index (χ4n) is 2.47. The molecule has 26 heavy (non-hydrogen) atoms. The summed E-state index contributed by atoms with van der Waals surface area (Å²) in [5.41, 5.74) is 0.943. The minimum Gasteiger partial charge on any atom is -0.363 e. The van der Waals surface area contributed by atoms with Gasteiger partial charge in [-0.3, -0.25) is 9.59 Å². The fourth-order valence-corrected chi connectivity index (χ4v) is 2.47. The van der Waals surface area contributed by atoms with E-state index in [1.165, 1.54) is 12.3 Å². The Morgan fingerprint density at radius 2 is 1.96 bits per heavy atom. The molecule has 0 spiro atoms. The van der Waals surface area contributed by atoms with Crippen LogP contribution in [0.15, 0.2) is 53.3 Å². The SMILES string of the molecule is CCCCCCN(CC(=O)Nc1ccon1)C(=O)C=Cc1ccccc1. The number of rotatable bonds is 10. The van der Waals surface area contributed by atoms with Crippen molar-refractivity contribution >= 4 is 23.7 Å². The van der Waals surface area contributed by atoms with Gasteiger partial charge < -0.3 is 14.7 Å². The van der Waals surface area contributed by atoms with Gasteiger partial charge in [0.25, 0.3) is 0 Å². The van der Waals surface area contributed by atoms with Crippen LogP contribution in [0.25, 0.3) is 6.08 Å². The minimum absolute atomic E-state index is 0.0169. The van der Waals surface area contributed by atoms with Crippen LogP contribution in [0, 0.1) is 0 Å². The molecule has 0 unspecified atom stereocenters. The number of carbonyl (C=O) groups is 2. The first kappa shape index (κ1) is 19.4. The first-order valence-corrected chi connectivity index (χ1v) is 8.91. The van der Waals surface area contributed by atoms with Crippen molar-refractivity contribution in [1.82, 2.24) is 10.1 Å². The average Bonchev–Trinajstić information content (AvgIpc) is 3.16. The lowest BCUT2D eigenvalue weighted by Gasteiger charge is -2.20. The van der Waals surface area contributed by atoms with Crippen molar-refractivity contribution in [3.63, 3.8) is 0 Å². The van der Waals surface area contributed by atoms with E-state index in [0.29, 0.717) is 12.4 Å². The Kier molecular flexibility index (Phi) is 8.12. The van der Waals surface area contributed by atoms with Crippen LogP contribution < -0.4 is 5.32 Å². The predicted molar refractivity (Wildman–Crippen MR) is 101 cm³/mol. The largest absolute Gasteiger partial charge is 0.363 e. The molecule has 2 amide bonds. The van der Waals surface area contributed by atoms with Crippen LogP contribution in [0.5, 0.6) is 0 Å². The van der Waals surface area contributed by atoms with E-state index in [2.05, 4.69) is 17.4 Å². The third-order valence-corrected chi connectivity index (χ3v) is 3.85. The van der Waals surface area contributed by atoms with E-state index in [1.54, 1.807) is 17.0 Å². The van der Waals surface area contributed by atoms with Gasteiger partial charge in [-0.1, -0.05) is 61.7 Å². The molecule has 0 radical (unpaired) electrons. The molecule has 0 aliphatic rings. The number of nitrogens with zero attached hydrogens (tertiary/aromatic N) is 2. The second kappa shape index (κ2) is 10.9. The average molecular weight is 355 g/mol. The molecule has 6 heteroatoms. The molecule has 2 aromatic rings. The van der Waals surface area contributed by atoms with Crippen molar-refractivity contribution in [2.24, 2.45) is 0 Å². The van der Waals surface area contributed by atoms with Crippen molar-refractivity contribution in [2.45, 2.75) is 32.6 Å². The van der Waals surface area contributed by atoms with Gasteiger partial charge in [0.1, 0.15) is 12.8 Å². The summed E-state index contributed by atoms with van der Waals surface area (Å²) in [4.78, 5) is 26.3. The second-order valence-corrected chi connectivity index (χ2v) is 6.00. The Balaban J connectivity index is 1.95. The van der Waals surface area contributed by atoms with Crippen molar-refractivity contribution in [2.75, 3.05) is 18.4 Å². The summed E-state index contributed by atoms with van der Waals surface area (Å²) in [6, 6.07) is 11.2. The Morgan fingerprint density at radius 3 is 2.65 bits per heavy atom. The van der Waals surface area contributed by atoms with Crippen LogP contribution in [-0.4, -0.2) is 35.0 Å². The summed E-state index contributed by atoms with van der Waals surface area (Å²) < 4.78 is 4.69. The monoisotopic (exact) mass is 355 g/mol. The highest BCUT2D eigenvalue weighted by molar-refractivity contribution is 5.97. The molecule has 0 aliphatic heterocycles. The van der Waals surface area contributed by atoms with E-state index in [4.69, 9.17) is 4.52 Å². The molecule has 2 rings (SSSR count). The molecule has 138 valence electrons. The predicted octanol–water partition coefficient (Wildman–Crippen LogP) is 3.74. The number of hydrogen-bond acceptors (Lipinski definition) is 4. The molecular weight excluding hydrogens is 330 g/mol. The normalized spacial score (nSPS) is 10.8. The van der Waals surface area contributed by atoms with Crippen LogP contribution in [0.2, 0.25) is 0 Å². The van der Waals surface area contributed by atoms with Gasteiger partial charge in [0.2, 0.25) is 11.8 Å². The molecule has 0 fully saturated rings. The highest BCUT2D eigenvalue weighted by Crippen LogP contribution is 2.07. The van der Waals surface area contributed by atoms with Crippen LogP contribution in [0.3, 0.4) is 0 Å². The Labute approximate surface area is 153 Å². The topological polar surface area (TPSA) is 75.4 Å². The zero-order valence-corrected chi connectivity index (χ0v) is 15.1. The van der Waals surface area contributed by atoms with Gasteiger partial charge in [-0.05, 0) is 18.1 Å². The summed E-state index contributed by atoms with van der Waals surface area (Å²) >= 11 is 0. The third-order valence-electron chi connectivity index (χ3n) is 3.85. The molecule has 0 aliphatic carbocycles. The standard InChI is InChI=1S/C20H25N3O3/c1-2-3-4-8-14-23(16-19(24)21-18-13-15-26-22-18)20(25)12-11-17-9-6-5-7-10-17/h5-7,9-13,15H,2-4,8,14,16H2,1H3,(H,21,22,24). The fraction of sp³-hybridized carbons (Fsp3) is 0.350. The highest BCUT2D eigenvalue weighted by Gasteiger charge is 2.15. The van der Waals surface area contributed by atoms with Crippen LogP contribution in [0.4, 0.5) is 5.82 Å². The zero-order valence-electron chi connectivity index (χ0n) is 15.1. The summed E-state index contributed by atoms with van der Waals surface area (Å²) in [6.07, 6.45) is 8.80. The van der Waals surface area contributed by atoms with Crippen molar-refractivity contribution in [3.05, 3.63) is 54.3 Å². The lowest BCUT2D eigenvalue weighted by atomic mass is 10.2. The van der Waals surface area contributed by atoms with Gasteiger partial charge >= 0.3 is 0 Å². The van der Waals surface area contributed by atoms with Gasteiger partial charge in [0, 0.05) is 18.7 Å². The molecule has 1 aromatic heterocycles. The Morgan fingerprint density at radius 1 is 1.15 bits per heavy atom. The molecule has 1 aromatic carbocycles. The Bertz CT molecular complexity index is 696. The van der Waals surface area contributed by atoms with E-state index >= 15 is 0 Å². The lowest BCUT2D eigenvalue weighted by Crippen LogP contribution is -2.37. The van der Waals surface area contributed by atoms with E-state index in [9.17, 15) is 9.59 Å². The maximum absolute atomic E-state index is 12.5. The molecule has 1 heterocycles. The summed E-state index contributed by atoms with van der Waals surface area (Å²) in [5, 5.41) is 6.27. The number of anilines is 1. The van der Waals surface area contributed by atoms with E-state index < -0.39 is 0 Å². The third kappa shape index (κ3) is 6.93. The minimum atomic E-state index is -0.296. The van der Waals surface area contributed by atoms with E-state index in [-0.39, 0.29) is 18.4 Å². The number of nitrogens with one attached hydrogen (secondary N) is 1. The van der Waals surface area contributed by atoms with E-state index in [1.807, 2.05) is 30.3 Å². The molecule has 0 bridgehead atoms. The van der Waals surface area contributed by atoms with Crippen molar-refractivity contribution in [3.8, 4) is 0 Å². The second-order valence-electron chi connectivity index (χ2n) is 6.00. The van der Waals surface area contributed by atoms with Crippen LogP contribution in [-0.2, 0) is 9.59 Å². The van der Waals surface area contributed by atoms with Gasteiger partial charge in [0.15, 0.2) is 5.82 Å². The van der Waals surface area contributed by atoms with Gasteiger partial charge in [-0.25, -0.2) is 0 Å². The van der Waals surface area contributed by atoms with Crippen molar-refractivity contribution < 1.29 is 14.1 Å². The zero-order chi connectivity index (χ0) is 18.6. The maximum atomic E-state index is 12.5. The first-order chi connectivity index (χ1) is 12.7. The number of amides is 2. The molecule has 0 saturated carbocycles. The molecule has 0 atom stereocenters. The van der Waals surface area contributed by atoms with Crippen LogP contribution in [0.1, 0.15) is 38.2 Å². The van der Waals surface area contributed by atoms with E-state index in [0.717, 1.165) is 31.2 Å². The van der Waals surface area contributed by atoms with Gasteiger partial charge in [0.05, 0.1) is 0 Å². The maximum Gasteiger partial charge on any atom is 0.247 e. The highest BCUT2D eigenvalue weighted by atomic mass is 16.5. The number of carbonyl (C=O) groups excluding carboxylic acids is 2. The smallest absolute Gasteiger partial charge is 0.247 e. The van der Waals surface area contributed by atoms with Gasteiger partial charge in [-0.2, -0.15) is 0 Å².